The minimum Gasteiger partial charge on any atom is -0.508 e. The lowest BCUT2D eigenvalue weighted by Crippen LogP contribution is -2.51. The number of ether oxygens (including phenoxy) is 1. The fraction of sp³-hybridized carbons (Fsp3) is 0.794. The summed E-state index contributed by atoms with van der Waals surface area (Å²) < 4.78 is 21.3. The molecular formula is C34H52FNO4. The molecule has 0 aliphatic heterocycles. The zero-order chi connectivity index (χ0) is 28.3. The number of phenolic OH excluding ortho intramolecular Hbond substituents is 1. The van der Waals surface area contributed by atoms with E-state index >= 15 is 4.39 Å². The second-order valence-corrected chi connectivity index (χ2v) is 13.8. The summed E-state index contributed by atoms with van der Waals surface area (Å²) in [5.41, 5.74) is 1.81. The molecule has 5 unspecified atom stereocenters. The molecular weight excluding hydrogens is 505 g/mol. The third-order valence-electron chi connectivity index (χ3n) is 11.4. The first-order valence-electron chi connectivity index (χ1n) is 16.2. The maximum absolute atomic E-state index is 16.0. The van der Waals surface area contributed by atoms with Crippen LogP contribution in [0.25, 0.3) is 0 Å². The molecule has 3 saturated carbocycles. The van der Waals surface area contributed by atoms with Gasteiger partial charge in [-0.2, -0.15) is 0 Å². The van der Waals surface area contributed by atoms with E-state index in [0.29, 0.717) is 43.7 Å². The van der Waals surface area contributed by atoms with E-state index in [4.69, 9.17) is 4.74 Å². The van der Waals surface area contributed by atoms with Crippen LogP contribution in [-0.4, -0.2) is 60.1 Å². The largest absolute Gasteiger partial charge is 0.508 e. The molecule has 0 spiro atoms. The number of hydrogen-bond donors (Lipinski definition) is 2. The van der Waals surface area contributed by atoms with Crippen LogP contribution in [-0.2, 0) is 16.0 Å². The Bertz CT molecular complexity index is 996. The summed E-state index contributed by atoms with van der Waals surface area (Å²) in [7, 11) is 1.69. The summed E-state index contributed by atoms with van der Waals surface area (Å²) in [5, 5.41) is 21.1. The molecule has 0 aromatic heterocycles. The molecule has 1 aromatic rings. The molecule has 6 heteroatoms. The van der Waals surface area contributed by atoms with Gasteiger partial charge in [-0.1, -0.05) is 51.5 Å². The van der Waals surface area contributed by atoms with E-state index < -0.39 is 12.3 Å². The standard InChI is InChI=1S/C34H52FNO4/c1-34-22-29(35)33-27-13-12-26(37)21-25(27)20-24(32(33)28(34)14-15-30(34)38)10-6-7-17-36(18-19-40-2)31(39)16-11-23-8-4-3-5-9-23/h12-13,21,23-24,28-30,32-33,37-38H,3-11,14-20,22H2,1-2H3/t24?,28?,29-,30-,32?,33?,34?/m0/s1. The third kappa shape index (κ3) is 6.23. The number of methoxy groups -OCH3 is 1. The van der Waals surface area contributed by atoms with Gasteiger partial charge in [-0.25, -0.2) is 4.39 Å². The van der Waals surface area contributed by atoms with Crippen molar-refractivity contribution in [3.05, 3.63) is 29.3 Å². The van der Waals surface area contributed by atoms with Crippen molar-refractivity contribution >= 4 is 5.91 Å². The van der Waals surface area contributed by atoms with Crippen LogP contribution in [0.5, 0.6) is 5.75 Å². The van der Waals surface area contributed by atoms with E-state index in [9.17, 15) is 15.0 Å². The molecule has 0 heterocycles. The van der Waals surface area contributed by atoms with Gasteiger partial charge in [0.15, 0.2) is 0 Å². The summed E-state index contributed by atoms with van der Waals surface area (Å²) in [6.07, 6.45) is 12.7. The number of carbonyl (C=O) groups excluding carboxylic acids is 1. The monoisotopic (exact) mass is 557 g/mol. The molecule has 0 saturated heterocycles. The number of aliphatic hydroxyl groups is 1. The Hall–Kier alpha value is -1.66. The van der Waals surface area contributed by atoms with Crippen molar-refractivity contribution in [2.75, 3.05) is 26.8 Å². The lowest BCUT2D eigenvalue weighted by molar-refractivity contribution is -0.132. The van der Waals surface area contributed by atoms with Crippen LogP contribution >= 0.6 is 0 Å². The predicted octanol–water partition coefficient (Wildman–Crippen LogP) is 6.79. The number of aromatic hydroxyl groups is 1. The molecule has 0 bridgehead atoms. The summed E-state index contributed by atoms with van der Waals surface area (Å²) >= 11 is 0. The maximum atomic E-state index is 16.0. The average Bonchev–Trinajstić information content (AvgIpc) is 3.24. The molecule has 4 aliphatic rings. The van der Waals surface area contributed by atoms with Gasteiger partial charge in [-0.05, 0) is 97.3 Å². The number of nitrogens with zero attached hydrogens (tertiary/aromatic N) is 1. The Balaban J connectivity index is 1.23. The SMILES string of the molecule is COCCN(CCCCC1Cc2cc(O)ccc2C2C1C1CC[C@H](O)C1(C)C[C@@H]2F)C(=O)CCC1CCCCC1. The summed E-state index contributed by atoms with van der Waals surface area (Å²) in [6, 6.07) is 5.51. The Morgan fingerprint density at radius 1 is 1.10 bits per heavy atom. The lowest BCUT2D eigenvalue weighted by Gasteiger charge is -2.54. The third-order valence-corrected chi connectivity index (χ3v) is 11.4. The fourth-order valence-corrected chi connectivity index (χ4v) is 9.27. The highest BCUT2D eigenvalue weighted by Crippen LogP contribution is 2.63. The van der Waals surface area contributed by atoms with E-state index in [-0.39, 0.29) is 28.9 Å². The van der Waals surface area contributed by atoms with E-state index in [1.54, 1.807) is 13.2 Å². The Morgan fingerprint density at radius 3 is 2.67 bits per heavy atom. The van der Waals surface area contributed by atoms with Gasteiger partial charge in [-0.3, -0.25) is 4.79 Å². The van der Waals surface area contributed by atoms with Crippen molar-refractivity contribution in [2.45, 2.75) is 115 Å². The summed E-state index contributed by atoms with van der Waals surface area (Å²) in [5.74, 6) is 1.92. The lowest BCUT2D eigenvalue weighted by atomic mass is 9.51. The molecule has 40 heavy (non-hydrogen) atoms. The van der Waals surface area contributed by atoms with Gasteiger partial charge >= 0.3 is 0 Å². The number of halogens is 1. The van der Waals surface area contributed by atoms with Crippen molar-refractivity contribution < 1.29 is 24.1 Å². The van der Waals surface area contributed by atoms with Crippen LogP contribution in [0.4, 0.5) is 4.39 Å². The molecule has 1 aromatic carbocycles. The predicted molar refractivity (Wildman–Crippen MR) is 156 cm³/mol. The van der Waals surface area contributed by atoms with E-state index in [1.165, 1.54) is 32.1 Å². The van der Waals surface area contributed by atoms with Crippen molar-refractivity contribution in [2.24, 2.45) is 29.1 Å². The van der Waals surface area contributed by atoms with Crippen molar-refractivity contribution in [3.8, 4) is 5.75 Å². The number of hydrogen-bond acceptors (Lipinski definition) is 4. The Labute approximate surface area is 240 Å². The second kappa shape index (κ2) is 13.1. The van der Waals surface area contributed by atoms with Crippen molar-refractivity contribution in [3.63, 3.8) is 0 Å². The first kappa shape index (κ1) is 29.8. The number of unbranched alkanes of at least 4 members (excludes halogenated alkanes) is 1. The number of phenols is 1. The molecule has 1 amide bonds. The maximum Gasteiger partial charge on any atom is 0.222 e. The molecule has 5 nitrogen and oxygen atoms in total. The number of alkyl halides is 1. The van der Waals surface area contributed by atoms with Crippen LogP contribution < -0.4 is 0 Å². The molecule has 4 aliphatic carbocycles. The van der Waals surface area contributed by atoms with Crippen LogP contribution in [0.3, 0.4) is 0 Å². The van der Waals surface area contributed by atoms with Gasteiger partial charge in [0, 0.05) is 32.5 Å². The number of carbonyl (C=O) groups is 1. The highest BCUT2D eigenvalue weighted by Gasteiger charge is 2.59. The summed E-state index contributed by atoms with van der Waals surface area (Å²) in [4.78, 5) is 15.2. The Morgan fingerprint density at radius 2 is 1.90 bits per heavy atom. The molecule has 7 atom stereocenters. The van der Waals surface area contributed by atoms with Gasteiger partial charge < -0.3 is 19.8 Å². The van der Waals surface area contributed by atoms with E-state index in [0.717, 1.165) is 62.6 Å². The number of benzene rings is 1. The average molecular weight is 558 g/mol. The quantitative estimate of drug-likeness (QED) is 0.294. The number of rotatable bonds is 11. The van der Waals surface area contributed by atoms with Gasteiger partial charge in [0.2, 0.25) is 5.91 Å². The molecule has 2 N–H and O–H groups in total. The van der Waals surface area contributed by atoms with Gasteiger partial charge in [0.05, 0.1) is 12.7 Å². The van der Waals surface area contributed by atoms with Crippen molar-refractivity contribution in [1.82, 2.24) is 4.90 Å². The Kier molecular flexibility index (Phi) is 9.77. The van der Waals surface area contributed by atoms with Crippen LogP contribution in [0, 0.1) is 29.1 Å². The second-order valence-electron chi connectivity index (χ2n) is 13.8. The zero-order valence-corrected chi connectivity index (χ0v) is 24.8. The molecule has 0 radical (unpaired) electrons. The molecule has 3 fully saturated rings. The fourth-order valence-electron chi connectivity index (χ4n) is 9.27. The van der Waals surface area contributed by atoms with E-state index in [1.807, 2.05) is 17.0 Å². The number of amides is 1. The van der Waals surface area contributed by atoms with Crippen LogP contribution in [0.1, 0.15) is 107 Å². The van der Waals surface area contributed by atoms with Gasteiger partial charge in [0.25, 0.3) is 0 Å². The smallest absolute Gasteiger partial charge is 0.222 e. The topological polar surface area (TPSA) is 70.0 Å². The number of fused-ring (bicyclic) bond motifs is 5. The highest BCUT2D eigenvalue weighted by molar-refractivity contribution is 5.76. The first-order chi connectivity index (χ1) is 19.3. The normalized spacial score (nSPS) is 33.7. The van der Waals surface area contributed by atoms with Gasteiger partial charge in [-0.15, -0.1) is 0 Å². The molecule has 224 valence electrons. The van der Waals surface area contributed by atoms with Crippen LogP contribution in [0.2, 0.25) is 0 Å². The zero-order valence-electron chi connectivity index (χ0n) is 24.8. The van der Waals surface area contributed by atoms with Crippen molar-refractivity contribution in [1.29, 1.82) is 0 Å². The highest BCUT2D eigenvalue weighted by atomic mass is 19.1. The first-order valence-corrected chi connectivity index (χ1v) is 16.2. The van der Waals surface area contributed by atoms with Crippen LogP contribution in [0.15, 0.2) is 18.2 Å². The number of aliphatic hydroxyl groups excluding tert-OH is 1. The summed E-state index contributed by atoms with van der Waals surface area (Å²) in [6.45, 7) is 4.07. The van der Waals surface area contributed by atoms with E-state index in [2.05, 4.69) is 6.92 Å². The molecule has 5 rings (SSSR count). The minimum atomic E-state index is -0.976. The van der Waals surface area contributed by atoms with Gasteiger partial charge in [0.1, 0.15) is 11.9 Å². The minimum absolute atomic E-state index is 0.155.